The maximum Gasteiger partial charge on any atom is 0.337 e. The Kier molecular flexibility index (Phi) is 5.81. The average molecular weight is 430 g/mol. The van der Waals surface area contributed by atoms with Crippen LogP contribution in [-0.2, 0) is 4.74 Å². The number of aromatic nitrogens is 1. The van der Waals surface area contributed by atoms with Gasteiger partial charge in [-0.3, -0.25) is 4.79 Å². The summed E-state index contributed by atoms with van der Waals surface area (Å²) in [6.45, 7) is 1.78. The average Bonchev–Trinajstić information content (AvgIpc) is 3.30. The fraction of sp³-hybridized carbons (Fsp3) is 0.0800. The molecule has 32 heavy (non-hydrogen) atoms. The molecule has 1 N–H and O–H groups in total. The number of anilines is 1. The lowest BCUT2D eigenvalue weighted by molar-refractivity contribution is 0.0600. The van der Waals surface area contributed by atoms with Gasteiger partial charge in [-0.15, -0.1) is 0 Å². The zero-order valence-corrected chi connectivity index (χ0v) is 17.4. The summed E-state index contributed by atoms with van der Waals surface area (Å²) < 4.78 is 24.6. The normalized spacial score (nSPS) is 10.6. The molecule has 0 aliphatic rings. The third-order valence-corrected chi connectivity index (χ3v) is 4.94. The van der Waals surface area contributed by atoms with Crippen LogP contribution < -0.4 is 5.32 Å². The summed E-state index contributed by atoms with van der Waals surface area (Å²) >= 11 is 0. The van der Waals surface area contributed by atoms with Crippen molar-refractivity contribution in [3.05, 3.63) is 95.4 Å². The lowest BCUT2D eigenvalue weighted by Gasteiger charge is -2.11. The number of benzene rings is 3. The van der Waals surface area contributed by atoms with E-state index in [1.54, 1.807) is 67.6 Å². The van der Waals surface area contributed by atoms with Gasteiger partial charge in [0.1, 0.15) is 5.82 Å². The molecule has 0 spiro atoms. The van der Waals surface area contributed by atoms with E-state index in [4.69, 9.17) is 9.15 Å². The Morgan fingerprint density at radius 2 is 1.72 bits per heavy atom. The molecule has 0 unspecified atom stereocenters. The molecule has 1 aromatic heterocycles. The number of oxazole rings is 1. The van der Waals surface area contributed by atoms with Gasteiger partial charge in [0.25, 0.3) is 5.91 Å². The first-order valence-electron chi connectivity index (χ1n) is 9.78. The van der Waals surface area contributed by atoms with Gasteiger partial charge in [0.15, 0.2) is 5.76 Å². The summed E-state index contributed by atoms with van der Waals surface area (Å²) in [4.78, 5) is 29.0. The van der Waals surface area contributed by atoms with E-state index < -0.39 is 11.8 Å². The number of halogens is 1. The van der Waals surface area contributed by atoms with Crippen LogP contribution in [0.4, 0.5) is 10.1 Å². The van der Waals surface area contributed by atoms with Crippen LogP contribution in [0.15, 0.2) is 77.3 Å². The van der Waals surface area contributed by atoms with Gasteiger partial charge in [-0.2, -0.15) is 0 Å². The minimum atomic E-state index is -0.453. The van der Waals surface area contributed by atoms with Crippen LogP contribution in [-0.4, -0.2) is 24.0 Å². The number of aryl methyl sites for hydroxylation is 1. The maximum absolute atomic E-state index is 14.1. The number of carbonyl (C=O) groups excluding carboxylic acids is 2. The summed E-state index contributed by atoms with van der Waals surface area (Å²) in [5, 5.41) is 2.85. The van der Waals surface area contributed by atoms with Gasteiger partial charge >= 0.3 is 5.97 Å². The van der Waals surface area contributed by atoms with Crippen molar-refractivity contribution in [2.45, 2.75) is 6.92 Å². The molecule has 6 nitrogen and oxygen atoms in total. The molecule has 1 heterocycles. The number of hydrogen-bond donors (Lipinski definition) is 1. The highest BCUT2D eigenvalue weighted by atomic mass is 19.1. The predicted octanol–water partition coefficient (Wildman–Crippen LogP) is 5.50. The highest BCUT2D eigenvalue weighted by Crippen LogP contribution is 2.30. The molecule has 4 aromatic rings. The van der Waals surface area contributed by atoms with Crippen molar-refractivity contribution in [2.75, 3.05) is 12.4 Å². The summed E-state index contributed by atoms with van der Waals surface area (Å²) in [5.74, 6) is -0.785. The van der Waals surface area contributed by atoms with E-state index in [2.05, 4.69) is 10.3 Å². The lowest BCUT2D eigenvalue weighted by Crippen LogP contribution is -2.14. The van der Waals surface area contributed by atoms with Crippen LogP contribution in [0, 0.1) is 12.7 Å². The van der Waals surface area contributed by atoms with Gasteiger partial charge in [0.2, 0.25) is 5.89 Å². The summed E-state index contributed by atoms with van der Waals surface area (Å²) in [5.41, 5.74) is 2.74. The first-order valence-corrected chi connectivity index (χ1v) is 9.78. The number of rotatable bonds is 5. The van der Waals surface area contributed by atoms with E-state index in [1.807, 2.05) is 0 Å². The highest BCUT2D eigenvalue weighted by Gasteiger charge is 2.19. The Labute approximate surface area is 183 Å². The minimum absolute atomic E-state index is 0.201. The van der Waals surface area contributed by atoms with Crippen LogP contribution in [0.2, 0.25) is 0 Å². The fourth-order valence-corrected chi connectivity index (χ4v) is 3.29. The zero-order valence-electron chi connectivity index (χ0n) is 17.4. The third-order valence-electron chi connectivity index (χ3n) is 4.94. The molecular weight excluding hydrogens is 411 g/mol. The topological polar surface area (TPSA) is 81.4 Å². The number of amides is 1. The van der Waals surface area contributed by atoms with E-state index in [9.17, 15) is 14.0 Å². The van der Waals surface area contributed by atoms with Gasteiger partial charge in [-0.05, 0) is 55.0 Å². The lowest BCUT2D eigenvalue weighted by atomic mass is 10.1. The number of hydrogen-bond acceptors (Lipinski definition) is 5. The van der Waals surface area contributed by atoms with Crippen molar-refractivity contribution in [3.63, 3.8) is 0 Å². The molecule has 160 valence electrons. The van der Waals surface area contributed by atoms with E-state index in [-0.39, 0.29) is 23.1 Å². The first kappa shape index (κ1) is 21.0. The maximum atomic E-state index is 14.1. The molecule has 0 atom stereocenters. The molecule has 7 heteroatoms. The van der Waals surface area contributed by atoms with Crippen molar-refractivity contribution in [1.29, 1.82) is 0 Å². The molecule has 0 bridgehead atoms. The van der Waals surface area contributed by atoms with Gasteiger partial charge in [0, 0.05) is 11.3 Å². The Hall–Kier alpha value is -4.26. The number of methoxy groups -OCH3 is 1. The summed E-state index contributed by atoms with van der Waals surface area (Å²) in [7, 11) is 1.31. The van der Waals surface area contributed by atoms with Crippen molar-refractivity contribution in [3.8, 4) is 22.8 Å². The Balaban J connectivity index is 1.63. The van der Waals surface area contributed by atoms with E-state index in [1.165, 1.54) is 19.4 Å². The van der Waals surface area contributed by atoms with Gasteiger partial charge in [-0.1, -0.05) is 24.3 Å². The standard InChI is InChI=1S/C25H19FN2O4/c1-15-13-16(25(30)31-2)11-12-21(15)28-23(29)17-7-3-4-8-18(17)24-27-14-22(32-24)19-9-5-6-10-20(19)26/h3-14H,1-2H3,(H,28,29). The van der Waals surface area contributed by atoms with Gasteiger partial charge in [0.05, 0.1) is 30.0 Å². The number of nitrogens with zero attached hydrogens (tertiary/aromatic N) is 1. The minimum Gasteiger partial charge on any atom is -0.465 e. The molecule has 3 aromatic carbocycles. The molecule has 0 aliphatic carbocycles. The second kappa shape index (κ2) is 8.85. The molecule has 0 aliphatic heterocycles. The molecule has 4 rings (SSSR count). The number of carbonyl (C=O) groups is 2. The SMILES string of the molecule is COC(=O)c1ccc(NC(=O)c2ccccc2-c2ncc(-c3ccccc3F)o2)c(C)c1. The number of nitrogens with one attached hydrogen (secondary N) is 1. The molecule has 1 amide bonds. The van der Waals surface area contributed by atoms with Gasteiger partial charge < -0.3 is 14.5 Å². The van der Waals surface area contributed by atoms with Crippen LogP contribution in [0.3, 0.4) is 0 Å². The molecule has 0 fully saturated rings. The second-order valence-corrected chi connectivity index (χ2v) is 7.03. The molecule has 0 saturated heterocycles. The monoisotopic (exact) mass is 430 g/mol. The van der Waals surface area contributed by atoms with Crippen molar-refractivity contribution < 1.29 is 23.1 Å². The third kappa shape index (κ3) is 4.13. The molecule has 0 saturated carbocycles. The van der Waals surface area contributed by atoms with E-state index in [0.717, 1.165) is 0 Å². The highest BCUT2D eigenvalue weighted by molar-refractivity contribution is 6.08. The first-order chi connectivity index (χ1) is 15.5. The summed E-state index contributed by atoms with van der Waals surface area (Å²) in [6, 6.07) is 17.9. The Morgan fingerprint density at radius 3 is 2.44 bits per heavy atom. The number of ether oxygens (including phenoxy) is 1. The van der Waals surface area contributed by atoms with Crippen LogP contribution in [0.1, 0.15) is 26.3 Å². The van der Waals surface area contributed by atoms with Crippen molar-refractivity contribution in [2.24, 2.45) is 0 Å². The second-order valence-electron chi connectivity index (χ2n) is 7.03. The largest absolute Gasteiger partial charge is 0.465 e. The van der Waals surface area contributed by atoms with Crippen LogP contribution in [0.5, 0.6) is 0 Å². The Bertz CT molecular complexity index is 1310. The van der Waals surface area contributed by atoms with Crippen LogP contribution >= 0.6 is 0 Å². The Morgan fingerprint density at radius 1 is 1.00 bits per heavy atom. The predicted molar refractivity (Wildman–Crippen MR) is 118 cm³/mol. The smallest absolute Gasteiger partial charge is 0.337 e. The quantitative estimate of drug-likeness (QED) is 0.423. The zero-order chi connectivity index (χ0) is 22.7. The molecular formula is C25H19FN2O4. The number of esters is 1. The van der Waals surface area contributed by atoms with Gasteiger partial charge in [-0.25, -0.2) is 14.2 Å². The fourth-order valence-electron chi connectivity index (χ4n) is 3.29. The molecule has 0 radical (unpaired) electrons. The van der Waals surface area contributed by atoms with E-state index in [0.29, 0.717) is 27.9 Å². The van der Waals surface area contributed by atoms with Crippen LogP contribution in [0.25, 0.3) is 22.8 Å². The van der Waals surface area contributed by atoms with Crippen molar-refractivity contribution in [1.82, 2.24) is 4.98 Å². The van der Waals surface area contributed by atoms with Crippen molar-refractivity contribution >= 4 is 17.6 Å². The van der Waals surface area contributed by atoms with E-state index >= 15 is 0 Å². The summed E-state index contributed by atoms with van der Waals surface area (Å²) in [6.07, 6.45) is 1.43.